The molecule has 0 spiro atoms. The Kier molecular flexibility index (Phi) is 4.25. The van der Waals surface area contributed by atoms with Gasteiger partial charge in [0.15, 0.2) is 0 Å². The van der Waals surface area contributed by atoms with Crippen molar-refractivity contribution in [2.24, 2.45) is 17.3 Å². The highest BCUT2D eigenvalue weighted by molar-refractivity contribution is 9.10. The lowest BCUT2D eigenvalue weighted by Crippen LogP contribution is -2.53. The molecular weight excluding hydrogens is 382 g/mol. The molecule has 4 aliphatic carbocycles. The van der Waals surface area contributed by atoms with Crippen LogP contribution in [0.15, 0.2) is 18.2 Å². The Morgan fingerprint density at radius 1 is 1.20 bits per heavy atom. The van der Waals surface area contributed by atoms with E-state index in [9.17, 15) is 4.79 Å². The normalized spacial score (nSPS) is 35.5. The van der Waals surface area contributed by atoms with Crippen LogP contribution >= 0.6 is 15.9 Å². The maximum Gasteiger partial charge on any atom is 0.225 e. The molecule has 0 saturated heterocycles. The molecule has 5 rings (SSSR count). The molecule has 5 heteroatoms. The van der Waals surface area contributed by atoms with E-state index >= 15 is 0 Å². The summed E-state index contributed by atoms with van der Waals surface area (Å²) in [5.74, 6) is 3.05. The summed E-state index contributed by atoms with van der Waals surface area (Å²) >= 11 is 4.02. The average Bonchev–Trinajstić information content (AvgIpc) is 2.51. The van der Waals surface area contributed by atoms with Crippen molar-refractivity contribution in [1.29, 1.82) is 0 Å². The van der Waals surface area contributed by atoms with Gasteiger partial charge in [0.2, 0.25) is 5.91 Å². The largest absolute Gasteiger partial charge is 0.497 e. The van der Waals surface area contributed by atoms with Gasteiger partial charge in [-0.25, -0.2) is 0 Å². The van der Waals surface area contributed by atoms with Crippen LogP contribution in [0.1, 0.15) is 44.9 Å². The average molecular weight is 408 g/mol. The van der Waals surface area contributed by atoms with Gasteiger partial charge in [-0.3, -0.25) is 4.79 Å². The van der Waals surface area contributed by atoms with Gasteiger partial charge in [0.1, 0.15) is 11.5 Å². The Bertz CT molecular complexity index is 676. The Morgan fingerprint density at radius 2 is 1.92 bits per heavy atom. The van der Waals surface area contributed by atoms with Crippen molar-refractivity contribution in [2.45, 2.75) is 49.3 Å². The number of nitrogens with one attached hydrogen (secondary N) is 1. The summed E-state index contributed by atoms with van der Waals surface area (Å²) in [5, 5.41) is 3.06. The molecule has 4 bridgehead atoms. The van der Waals surface area contributed by atoms with Crippen molar-refractivity contribution in [3.63, 3.8) is 0 Å². The predicted molar refractivity (Wildman–Crippen MR) is 102 cm³/mol. The molecular formula is C20H26BrNO3. The maximum atomic E-state index is 12.8. The lowest BCUT2D eigenvalue weighted by Gasteiger charge is -2.60. The van der Waals surface area contributed by atoms with Crippen molar-refractivity contribution >= 4 is 27.5 Å². The van der Waals surface area contributed by atoms with Crippen LogP contribution in [0, 0.1) is 17.3 Å². The van der Waals surface area contributed by atoms with E-state index in [1.165, 1.54) is 32.1 Å². The summed E-state index contributed by atoms with van der Waals surface area (Å²) < 4.78 is 10.9. The molecule has 4 fully saturated rings. The highest BCUT2D eigenvalue weighted by atomic mass is 79.9. The van der Waals surface area contributed by atoms with Crippen molar-refractivity contribution in [1.82, 2.24) is 0 Å². The van der Waals surface area contributed by atoms with Crippen LogP contribution in [0.2, 0.25) is 0 Å². The minimum absolute atomic E-state index is 0.0876. The third-order valence-corrected chi connectivity index (χ3v) is 7.25. The molecule has 136 valence electrons. The number of hydrogen-bond donors (Lipinski definition) is 1. The van der Waals surface area contributed by atoms with E-state index in [0.29, 0.717) is 23.6 Å². The second kappa shape index (κ2) is 6.19. The molecule has 4 aliphatic rings. The fraction of sp³-hybridized carbons (Fsp3) is 0.650. The first kappa shape index (κ1) is 17.2. The second-order valence-electron chi connectivity index (χ2n) is 8.40. The van der Waals surface area contributed by atoms with E-state index in [1.807, 2.05) is 18.2 Å². The van der Waals surface area contributed by atoms with E-state index < -0.39 is 0 Å². The Morgan fingerprint density at radius 3 is 2.52 bits per heavy atom. The molecule has 2 unspecified atom stereocenters. The standard InChI is InChI=1S/C20H26BrNO3/c1-24-15-3-4-17(25-2)16(6-15)22-18(23)11-19-7-13-5-14(8-19)10-20(21,9-13)12-19/h3-4,6,13-14H,5,7-12H2,1-2H3,(H,22,23)/t13-,14+,19?,20?. The lowest BCUT2D eigenvalue weighted by atomic mass is 9.48. The summed E-state index contributed by atoms with van der Waals surface area (Å²) in [6.07, 6.45) is 8.09. The van der Waals surface area contributed by atoms with Crippen molar-refractivity contribution in [3.8, 4) is 11.5 Å². The highest BCUT2D eigenvalue weighted by Crippen LogP contribution is 2.65. The molecule has 4 atom stereocenters. The minimum atomic E-state index is 0.0876. The monoisotopic (exact) mass is 407 g/mol. The summed E-state index contributed by atoms with van der Waals surface area (Å²) in [5.41, 5.74) is 0.856. The zero-order valence-electron chi connectivity index (χ0n) is 14.9. The van der Waals surface area contributed by atoms with E-state index in [-0.39, 0.29) is 15.6 Å². The third-order valence-electron chi connectivity index (χ3n) is 6.33. The highest BCUT2D eigenvalue weighted by Gasteiger charge is 2.57. The number of hydrogen-bond acceptors (Lipinski definition) is 3. The van der Waals surface area contributed by atoms with Gasteiger partial charge in [0.25, 0.3) is 0 Å². The quantitative estimate of drug-likeness (QED) is 0.715. The van der Waals surface area contributed by atoms with Gasteiger partial charge < -0.3 is 14.8 Å². The molecule has 1 aromatic carbocycles. The zero-order valence-corrected chi connectivity index (χ0v) is 16.5. The number of alkyl halides is 1. The van der Waals surface area contributed by atoms with Crippen LogP contribution in [0.5, 0.6) is 11.5 Å². The number of benzene rings is 1. The number of carbonyl (C=O) groups is 1. The van der Waals surface area contributed by atoms with Crippen LogP contribution in [-0.4, -0.2) is 24.5 Å². The number of ether oxygens (including phenoxy) is 2. The van der Waals surface area contributed by atoms with Crippen molar-refractivity contribution in [3.05, 3.63) is 18.2 Å². The van der Waals surface area contributed by atoms with Gasteiger partial charge in [-0.1, -0.05) is 15.9 Å². The van der Waals surface area contributed by atoms with E-state index in [0.717, 1.165) is 18.3 Å². The molecule has 0 radical (unpaired) electrons. The molecule has 4 nitrogen and oxygen atoms in total. The predicted octanol–water partition coefficient (Wildman–Crippen LogP) is 4.77. The fourth-order valence-corrected chi connectivity index (χ4v) is 7.50. The summed E-state index contributed by atoms with van der Waals surface area (Å²) in [6, 6.07) is 5.48. The molecule has 0 heterocycles. The van der Waals surface area contributed by atoms with Crippen LogP contribution in [-0.2, 0) is 4.79 Å². The first-order valence-electron chi connectivity index (χ1n) is 9.13. The van der Waals surface area contributed by atoms with Gasteiger partial charge in [-0.05, 0) is 67.9 Å². The first-order chi connectivity index (χ1) is 11.9. The maximum absolute atomic E-state index is 12.8. The number of halogens is 1. The Balaban J connectivity index is 1.50. The van der Waals surface area contributed by atoms with Crippen molar-refractivity contribution < 1.29 is 14.3 Å². The lowest BCUT2D eigenvalue weighted by molar-refractivity contribution is -0.123. The van der Waals surface area contributed by atoms with Crippen LogP contribution in [0.4, 0.5) is 5.69 Å². The zero-order chi connectivity index (χ0) is 17.7. The summed E-state index contributed by atoms with van der Waals surface area (Å²) in [6.45, 7) is 0. The van der Waals surface area contributed by atoms with Gasteiger partial charge in [-0.2, -0.15) is 0 Å². The second-order valence-corrected chi connectivity index (χ2v) is 10.1. The number of carbonyl (C=O) groups excluding carboxylic acids is 1. The van der Waals surface area contributed by atoms with E-state index in [1.54, 1.807) is 14.2 Å². The third kappa shape index (κ3) is 3.27. The fourth-order valence-electron chi connectivity index (χ4n) is 5.99. The van der Waals surface area contributed by atoms with Crippen LogP contribution in [0.3, 0.4) is 0 Å². The van der Waals surface area contributed by atoms with Gasteiger partial charge in [-0.15, -0.1) is 0 Å². The summed E-state index contributed by atoms with van der Waals surface area (Å²) in [7, 11) is 3.24. The molecule has 1 N–H and O–H groups in total. The molecule has 1 aromatic rings. The number of methoxy groups -OCH3 is 2. The van der Waals surface area contributed by atoms with Crippen molar-refractivity contribution in [2.75, 3.05) is 19.5 Å². The summed E-state index contributed by atoms with van der Waals surface area (Å²) in [4.78, 5) is 12.8. The number of amides is 1. The molecule has 4 saturated carbocycles. The molecule has 0 aromatic heterocycles. The minimum Gasteiger partial charge on any atom is -0.497 e. The van der Waals surface area contributed by atoms with Crippen LogP contribution < -0.4 is 14.8 Å². The smallest absolute Gasteiger partial charge is 0.225 e. The van der Waals surface area contributed by atoms with Gasteiger partial charge in [0.05, 0.1) is 19.9 Å². The van der Waals surface area contributed by atoms with Gasteiger partial charge in [0, 0.05) is 16.8 Å². The molecule has 1 amide bonds. The number of anilines is 1. The van der Waals surface area contributed by atoms with E-state index in [4.69, 9.17) is 9.47 Å². The number of rotatable bonds is 5. The molecule has 0 aliphatic heterocycles. The van der Waals surface area contributed by atoms with Crippen LogP contribution in [0.25, 0.3) is 0 Å². The van der Waals surface area contributed by atoms with E-state index in [2.05, 4.69) is 21.2 Å². The first-order valence-corrected chi connectivity index (χ1v) is 9.93. The van der Waals surface area contributed by atoms with Gasteiger partial charge >= 0.3 is 0 Å². The topological polar surface area (TPSA) is 47.6 Å². The SMILES string of the molecule is COc1ccc(OC)c(NC(=O)CC23C[C@@H]4C[C@@H](CC(Br)(C4)C2)C3)c1. The Labute approximate surface area is 157 Å². The molecule has 25 heavy (non-hydrogen) atoms. The Hall–Kier alpha value is -1.23.